The second-order valence-corrected chi connectivity index (χ2v) is 4.88. The van der Waals surface area contributed by atoms with E-state index in [-0.39, 0.29) is 0 Å². The van der Waals surface area contributed by atoms with Crippen molar-refractivity contribution in [2.45, 2.75) is 20.3 Å². The summed E-state index contributed by atoms with van der Waals surface area (Å²) < 4.78 is 1.06. The summed E-state index contributed by atoms with van der Waals surface area (Å²) >= 11 is 9.69. The van der Waals surface area contributed by atoms with Crippen LogP contribution in [0.4, 0.5) is 0 Å². The molecule has 1 aromatic carbocycles. The minimum atomic E-state index is 0.772. The summed E-state index contributed by atoms with van der Waals surface area (Å²) in [6.45, 7) is 4.09. The first-order chi connectivity index (χ1) is 7.11. The highest BCUT2D eigenvalue weighted by Gasteiger charge is 2.07. The van der Waals surface area contributed by atoms with Crippen LogP contribution in [0.3, 0.4) is 0 Å². The van der Waals surface area contributed by atoms with Gasteiger partial charge in [0.2, 0.25) is 0 Å². The van der Waals surface area contributed by atoms with Gasteiger partial charge in [-0.2, -0.15) is 0 Å². The number of benzene rings is 1. The Balaban J connectivity index is 2.89. The number of rotatable bonds is 1. The maximum absolute atomic E-state index is 6.20. The van der Waals surface area contributed by atoms with E-state index >= 15 is 0 Å². The molecule has 1 heterocycles. The molecule has 0 unspecified atom stereocenters. The third-order valence-corrected chi connectivity index (χ3v) is 3.19. The van der Waals surface area contributed by atoms with E-state index in [2.05, 4.69) is 33.9 Å². The first kappa shape index (κ1) is 10.9. The molecule has 0 saturated carbocycles. The van der Waals surface area contributed by atoms with E-state index in [9.17, 15) is 0 Å². The van der Waals surface area contributed by atoms with Gasteiger partial charge in [-0.15, -0.1) is 0 Å². The van der Waals surface area contributed by atoms with Gasteiger partial charge in [0.1, 0.15) is 0 Å². The molecule has 1 aromatic heterocycles. The molecule has 0 saturated heterocycles. The van der Waals surface area contributed by atoms with Gasteiger partial charge < -0.3 is 0 Å². The number of halogens is 2. The largest absolute Gasteiger partial charge is 0.253 e. The zero-order valence-electron chi connectivity index (χ0n) is 8.64. The molecule has 0 bridgehead atoms. The molecule has 2 rings (SSSR count). The van der Waals surface area contributed by atoms with Crippen molar-refractivity contribution in [2.24, 2.45) is 0 Å². The lowest BCUT2D eigenvalue weighted by Crippen LogP contribution is -1.91. The summed E-state index contributed by atoms with van der Waals surface area (Å²) in [6, 6.07) is 6.02. The van der Waals surface area contributed by atoms with E-state index in [4.69, 9.17) is 11.6 Å². The van der Waals surface area contributed by atoms with Crippen LogP contribution in [0, 0.1) is 6.92 Å². The van der Waals surface area contributed by atoms with Gasteiger partial charge in [-0.3, -0.25) is 4.98 Å². The Labute approximate surface area is 103 Å². The average Bonchev–Trinajstić information content (AvgIpc) is 2.18. The van der Waals surface area contributed by atoms with Gasteiger partial charge in [0.05, 0.1) is 10.5 Å². The van der Waals surface area contributed by atoms with E-state index in [1.54, 1.807) is 0 Å². The first-order valence-corrected chi connectivity index (χ1v) is 6.04. The first-order valence-electron chi connectivity index (χ1n) is 4.87. The van der Waals surface area contributed by atoms with Crippen LogP contribution in [0.25, 0.3) is 10.9 Å². The zero-order valence-corrected chi connectivity index (χ0v) is 11.0. The molecule has 0 aliphatic heterocycles. The van der Waals surface area contributed by atoms with Crippen molar-refractivity contribution < 1.29 is 0 Å². The third-order valence-electron chi connectivity index (χ3n) is 2.42. The van der Waals surface area contributed by atoms with Gasteiger partial charge in [0.15, 0.2) is 0 Å². The van der Waals surface area contributed by atoms with Crippen LogP contribution in [-0.4, -0.2) is 4.98 Å². The highest BCUT2D eigenvalue weighted by molar-refractivity contribution is 9.10. The van der Waals surface area contributed by atoms with Gasteiger partial charge in [-0.05, 0) is 37.1 Å². The van der Waals surface area contributed by atoms with Gasteiger partial charge in [-0.1, -0.05) is 34.5 Å². The molecule has 0 atom stereocenters. The Morgan fingerprint density at radius 1 is 1.33 bits per heavy atom. The number of hydrogen-bond acceptors (Lipinski definition) is 1. The van der Waals surface area contributed by atoms with Crippen molar-refractivity contribution >= 4 is 38.4 Å². The minimum Gasteiger partial charge on any atom is -0.253 e. The number of aromatic nitrogens is 1. The summed E-state index contributed by atoms with van der Waals surface area (Å²) in [5, 5.41) is 1.79. The predicted octanol–water partition coefficient (Wildman–Crippen LogP) is 4.52. The molecule has 0 N–H and O–H groups in total. The van der Waals surface area contributed by atoms with E-state index < -0.39 is 0 Å². The molecule has 0 fully saturated rings. The zero-order chi connectivity index (χ0) is 11.0. The molecule has 0 spiro atoms. The van der Waals surface area contributed by atoms with Crippen molar-refractivity contribution in [3.05, 3.63) is 39.0 Å². The van der Waals surface area contributed by atoms with Gasteiger partial charge in [0.25, 0.3) is 0 Å². The Morgan fingerprint density at radius 3 is 2.73 bits per heavy atom. The number of aryl methyl sites for hydroxylation is 2. The molecule has 78 valence electrons. The molecule has 0 aliphatic carbocycles. The minimum absolute atomic E-state index is 0.772. The number of nitrogens with zero attached hydrogens (tertiary/aromatic N) is 1. The van der Waals surface area contributed by atoms with Crippen LogP contribution in [-0.2, 0) is 6.42 Å². The molecule has 2 aromatic rings. The lowest BCUT2D eigenvalue weighted by atomic mass is 10.1. The van der Waals surface area contributed by atoms with Gasteiger partial charge >= 0.3 is 0 Å². The Hall–Kier alpha value is -0.600. The van der Waals surface area contributed by atoms with Gasteiger partial charge in [-0.25, -0.2) is 0 Å². The van der Waals surface area contributed by atoms with Crippen molar-refractivity contribution in [1.82, 2.24) is 4.98 Å². The van der Waals surface area contributed by atoms with Crippen LogP contribution in [0.1, 0.15) is 18.2 Å². The van der Waals surface area contributed by atoms with Crippen LogP contribution in [0.2, 0.25) is 5.02 Å². The Morgan fingerprint density at radius 2 is 2.07 bits per heavy atom. The second-order valence-electron chi connectivity index (χ2n) is 3.56. The topological polar surface area (TPSA) is 12.9 Å². The quantitative estimate of drug-likeness (QED) is 0.750. The van der Waals surface area contributed by atoms with E-state index in [1.165, 1.54) is 5.56 Å². The third kappa shape index (κ3) is 2.01. The molecule has 0 radical (unpaired) electrons. The summed E-state index contributed by atoms with van der Waals surface area (Å²) in [5.74, 6) is 0. The predicted molar refractivity (Wildman–Crippen MR) is 68.6 cm³/mol. The van der Waals surface area contributed by atoms with Crippen LogP contribution >= 0.6 is 27.5 Å². The van der Waals surface area contributed by atoms with Crippen LogP contribution in [0.15, 0.2) is 22.7 Å². The Bertz CT molecular complexity index is 523. The Kier molecular flexibility index (Phi) is 2.98. The molecule has 0 aliphatic rings. The van der Waals surface area contributed by atoms with Crippen molar-refractivity contribution in [3.8, 4) is 0 Å². The average molecular weight is 285 g/mol. The fraction of sp³-hybridized carbons (Fsp3) is 0.250. The fourth-order valence-corrected chi connectivity index (χ4v) is 2.52. The molecule has 0 amide bonds. The van der Waals surface area contributed by atoms with Crippen molar-refractivity contribution in [3.63, 3.8) is 0 Å². The monoisotopic (exact) mass is 283 g/mol. The highest BCUT2D eigenvalue weighted by atomic mass is 79.9. The molecular weight excluding hydrogens is 273 g/mol. The van der Waals surface area contributed by atoms with Gasteiger partial charge in [0, 0.05) is 15.6 Å². The standard InChI is InChI=1S/C12H11BrClN/c1-3-8-5-9(13)6-10-11(14)4-7(2)15-12(8)10/h4-6H,3H2,1-2H3. The molecule has 3 heteroatoms. The summed E-state index contributed by atoms with van der Waals surface area (Å²) in [7, 11) is 0. The summed E-state index contributed by atoms with van der Waals surface area (Å²) in [5.41, 5.74) is 3.21. The van der Waals surface area contributed by atoms with Crippen LogP contribution < -0.4 is 0 Å². The maximum atomic E-state index is 6.20. The van der Waals surface area contributed by atoms with Crippen molar-refractivity contribution in [1.29, 1.82) is 0 Å². The van der Waals surface area contributed by atoms with E-state index in [0.29, 0.717) is 0 Å². The lowest BCUT2D eigenvalue weighted by Gasteiger charge is -2.07. The maximum Gasteiger partial charge on any atom is 0.0752 e. The molecule has 1 nitrogen and oxygen atoms in total. The summed E-state index contributed by atoms with van der Waals surface area (Å²) in [4.78, 5) is 4.54. The number of fused-ring (bicyclic) bond motifs is 1. The summed E-state index contributed by atoms with van der Waals surface area (Å²) in [6.07, 6.45) is 0.961. The van der Waals surface area contributed by atoms with E-state index in [1.807, 2.05) is 19.1 Å². The van der Waals surface area contributed by atoms with Crippen molar-refractivity contribution in [2.75, 3.05) is 0 Å². The number of hydrogen-bond donors (Lipinski definition) is 0. The highest BCUT2D eigenvalue weighted by Crippen LogP contribution is 2.29. The normalized spacial score (nSPS) is 10.9. The SMILES string of the molecule is CCc1cc(Br)cc2c(Cl)cc(C)nc12. The second kappa shape index (κ2) is 4.11. The van der Waals surface area contributed by atoms with E-state index in [0.717, 1.165) is 32.5 Å². The fourth-order valence-electron chi connectivity index (χ4n) is 1.71. The van der Waals surface area contributed by atoms with Crippen LogP contribution in [0.5, 0.6) is 0 Å². The molecule has 15 heavy (non-hydrogen) atoms. The number of pyridine rings is 1. The smallest absolute Gasteiger partial charge is 0.0752 e. The molecular formula is C12H11BrClN. The lowest BCUT2D eigenvalue weighted by molar-refractivity contribution is 1.13.